The average Bonchev–Trinajstić information content (AvgIpc) is 2.42. The van der Waals surface area contributed by atoms with Gasteiger partial charge >= 0.3 is 0 Å². The van der Waals surface area contributed by atoms with Crippen LogP contribution in [0.15, 0.2) is 35.3 Å². The number of nitrogens with zero attached hydrogens (tertiary/aromatic N) is 2. The molecule has 0 radical (unpaired) electrons. The maximum atomic E-state index is 6.17. The molecule has 2 N–H and O–H groups in total. The van der Waals surface area contributed by atoms with E-state index in [0.29, 0.717) is 12.0 Å². The van der Waals surface area contributed by atoms with Crippen molar-refractivity contribution in [1.29, 1.82) is 0 Å². The third-order valence-corrected chi connectivity index (χ3v) is 3.55. The van der Waals surface area contributed by atoms with E-state index >= 15 is 0 Å². The van der Waals surface area contributed by atoms with Crippen LogP contribution < -0.4 is 10.6 Å². The first-order valence-electron chi connectivity index (χ1n) is 6.97. The molecule has 0 spiro atoms. The van der Waals surface area contributed by atoms with E-state index in [1.807, 2.05) is 18.2 Å². The molecule has 0 amide bonds. The van der Waals surface area contributed by atoms with Crippen LogP contribution in [-0.2, 0) is 0 Å². The molecular weight excluding hydrogens is 222 g/mol. The van der Waals surface area contributed by atoms with E-state index < -0.39 is 0 Å². The molecule has 0 heterocycles. The minimum Gasteiger partial charge on any atom is -0.370 e. The zero-order valence-electron chi connectivity index (χ0n) is 11.2. The van der Waals surface area contributed by atoms with Gasteiger partial charge in [-0.25, -0.2) is 4.99 Å². The van der Waals surface area contributed by atoms with Gasteiger partial charge in [-0.2, -0.15) is 0 Å². The Morgan fingerprint density at radius 3 is 2.50 bits per heavy atom. The van der Waals surface area contributed by atoms with Crippen LogP contribution in [-0.4, -0.2) is 18.5 Å². The second-order valence-electron chi connectivity index (χ2n) is 4.86. The van der Waals surface area contributed by atoms with Crippen LogP contribution in [0.4, 0.5) is 5.69 Å². The summed E-state index contributed by atoms with van der Waals surface area (Å²) < 4.78 is 0. The Balaban J connectivity index is 2.09. The lowest BCUT2D eigenvalue weighted by Gasteiger charge is -2.25. The first-order valence-corrected chi connectivity index (χ1v) is 6.97. The van der Waals surface area contributed by atoms with E-state index in [2.05, 4.69) is 24.0 Å². The zero-order valence-corrected chi connectivity index (χ0v) is 11.2. The largest absolute Gasteiger partial charge is 0.370 e. The maximum Gasteiger partial charge on any atom is 0.196 e. The molecule has 1 aliphatic rings. The van der Waals surface area contributed by atoms with Gasteiger partial charge in [-0.3, -0.25) is 0 Å². The van der Waals surface area contributed by atoms with Crippen LogP contribution in [0.3, 0.4) is 0 Å². The van der Waals surface area contributed by atoms with Gasteiger partial charge in [0.15, 0.2) is 5.96 Å². The van der Waals surface area contributed by atoms with Gasteiger partial charge in [0.25, 0.3) is 0 Å². The minimum atomic E-state index is 0.427. The highest BCUT2D eigenvalue weighted by Crippen LogP contribution is 2.21. The Kier molecular flexibility index (Phi) is 4.62. The van der Waals surface area contributed by atoms with Gasteiger partial charge < -0.3 is 10.6 Å². The number of rotatable bonds is 3. The third-order valence-electron chi connectivity index (χ3n) is 3.55. The van der Waals surface area contributed by atoms with E-state index in [1.165, 1.54) is 32.1 Å². The second kappa shape index (κ2) is 6.43. The smallest absolute Gasteiger partial charge is 0.196 e. The Bertz CT molecular complexity index is 380. The highest BCUT2D eigenvalue weighted by molar-refractivity contribution is 5.94. The van der Waals surface area contributed by atoms with Gasteiger partial charge in [-0.15, -0.1) is 0 Å². The summed E-state index contributed by atoms with van der Waals surface area (Å²) in [7, 11) is 0. The van der Waals surface area contributed by atoms with E-state index in [-0.39, 0.29) is 0 Å². The number of aliphatic imine (C=N–C) groups is 1. The Hall–Kier alpha value is -1.51. The van der Waals surface area contributed by atoms with E-state index in [0.717, 1.165) is 12.2 Å². The summed E-state index contributed by atoms with van der Waals surface area (Å²) in [5.41, 5.74) is 7.29. The summed E-state index contributed by atoms with van der Waals surface area (Å²) in [6.07, 6.45) is 6.31. The lowest BCUT2D eigenvalue weighted by atomic mass is 9.96. The SMILES string of the molecule is CCN(C(N)=NC1CCCCC1)c1ccccc1. The van der Waals surface area contributed by atoms with Gasteiger partial charge in [-0.05, 0) is 31.9 Å². The maximum absolute atomic E-state index is 6.17. The van der Waals surface area contributed by atoms with Crippen LogP contribution >= 0.6 is 0 Å². The highest BCUT2D eigenvalue weighted by atomic mass is 15.3. The Labute approximate surface area is 110 Å². The molecule has 0 unspecified atom stereocenters. The van der Waals surface area contributed by atoms with Crippen molar-refractivity contribution in [1.82, 2.24) is 0 Å². The molecule has 1 aromatic rings. The summed E-state index contributed by atoms with van der Waals surface area (Å²) in [6.45, 7) is 2.96. The Morgan fingerprint density at radius 2 is 1.89 bits per heavy atom. The molecule has 3 heteroatoms. The summed E-state index contributed by atoms with van der Waals surface area (Å²) in [4.78, 5) is 6.78. The van der Waals surface area contributed by atoms with Crippen molar-refractivity contribution in [2.45, 2.75) is 45.1 Å². The number of nitrogens with two attached hydrogens (primary N) is 1. The minimum absolute atomic E-state index is 0.427. The first-order chi connectivity index (χ1) is 8.81. The summed E-state index contributed by atoms with van der Waals surface area (Å²) in [6, 6.07) is 10.7. The topological polar surface area (TPSA) is 41.6 Å². The van der Waals surface area contributed by atoms with E-state index in [1.54, 1.807) is 0 Å². The van der Waals surface area contributed by atoms with Crippen molar-refractivity contribution in [3.05, 3.63) is 30.3 Å². The summed E-state index contributed by atoms with van der Waals surface area (Å²) in [5, 5.41) is 0. The number of para-hydroxylation sites is 1. The number of benzene rings is 1. The fraction of sp³-hybridized carbons (Fsp3) is 0.533. The molecule has 1 aromatic carbocycles. The summed E-state index contributed by atoms with van der Waals surface area (Å²) in [5.74, 6) is 0.663. The third kappa shape index (κ3) is 3.25. The Morgan fingerprint density at radius 1 is 1.22 bits per heavy atom. The van der Waals surface area contributed by atoms with E-state index in [4.69, 9.17) is 10.7 Å². The molecule has 1 fully saturated rings. The quantitative estimate of drug-likeness (QED) is 0.656. The number of hydrogen-bond donors (Lipinski definition) is 1. The molecule has 98 valence electrons. The summed E-state index contributed by atoms with van der Waals surface area (Å²) >= 11 is 0. The molecule has 18 heavy (non-hydrogen) atoms. The lowest BCUT2D eigenvalue weighted by Crippen LogP contribution is -2.38. The zero-order chi connectivity index (χ0) is 12.8. The monoisotopic (exact) mass is 245 g/mol. The van der Waals surface area contributed by atoms with Crippen molar-refractivity contribution in [3.63, 3.8) is 0 Å². The molecule has 3 nitrogen and oxygen atoms in total. The van der Waals surface area contributed by atoms with Crippen molar-refractivity contribution < 1.29 is 0 Å². The van der Waals surface area contributed by atoms with Crippen LogP contribution in [0.25, 0.3) is 0 Å². The predicted molar refractivity (Wildman–Crippen MR) is 78.0 cm³/mol. The van der Waals surface area contributed by atoms with Gasteiger partial charge in [0, 0.05) is 12.2 Å². The van der Waals surface area contributed by atoms with Crippen LogP contribution in [0.5, 0.6) is 0 Å². The van der Waals surface area contributed by atoms with E-state index in [9.17, 15) is 0 Å². The van der Waals surface area contributed by atoms with Crippen LogP contribution in [0.1, 0.15) is 39.0 Å². The lowest BCUT2D eigenvalue weighted by molar-refractivity contribution is 0.442. The molecule has 1 aliphatic carbocycles. The number of guanidine groups is 1. The van der Waals surface area contributed by atoms with Gasteiger partial charge in [0.2, 0.25) is 0 Å². The van der Waals surface area contributed by atoms with Crippen LogP contribution in [0.2, 0.25) is 0 Å². The first kappa shape index (κ1) is 12.9. The van der Waals surface area contributed by atoms with Crippen molar-refractivity contribution in [2.24, 2.45) is 10.7 Å². The van der Waals surface area contributed by atoms with Crippen LogP contribution in [0, 0.1) is 0 Å². The molecule has 0 bridgehead atoms. The molecule has 2 rings (SSSR count). The average molecular weight is 245 g/mol. The standard InChI is InChI=1S/C15H23N3/c1-2-18(14-11-7-4-8-12-14)15(16)17-13-9-5-3-6-10-13/h4,7-8,11-13H,2-3,5-6,9-10H2,1H3,(H2,16,17). The molecule has 1 saturated carbocycles. The van der Waals surface area contributed by atoms with Gasteiger partial charge in [-0.1, -0.05) is 37.5 Å². The second-order valence-corrected chi connectivity index (χ2v) is 4.86. The number of hydrogen-bond acceptors (Lipinski definition) is 1. The van der Waals surface area contributed by atoms with Gasteiger partial charge in [0.1, 0.15) is 0 Å². The van der Waals surface area contributed by atoms with Gasteiger partial charge in [0.05, 0.1) is 6.04 Å². The predicted octanol–water partition coefficient (Wildman–Crippen LogP) is 3.16. The fourth-order valence-electron chi connectivity index (χ4n) is 2.55. The molecule has 0 aromatic heterocycles. The number of anilines is 1. The molecule has 0 atom stereocenters. The molecular formula is C15H23N3. The molecule has 0 aliphatic heterocycles. The van der Waals surface area contributed by atoms with Crippen molar-refractivity contribution in [2.75, 3.05) is 11.4 Å². The van der Waals surface area contributed by atoms with Crippen molar-refractivity contribution in [3.8, 4) is 0 Å². The normalized spacial score (nSPS) is 17.7. The van der Waals surface area contributed by atoms with Crippen molar-refractivity contribution >= 4 is 11.6 Å². The fourth-order valence-corrected chi connectivity index (χ4v) is 2.55. The molecule has 0 saturated heterocycles. The highest BCUT2D eigenvalue weighted by Gasteiger charge is 2.15.